The number of hydrogen-bond acceptors (Lipinski definition) is 3. The highest BCUT2D eigenvalue weighted by Crippen LogP contribution is 2.53. The number of likely N-dealkylation sites (tertiary alicyclic amines) is 1. The van der Waals surface area contributed by atoms with Crippen LogP contribution in [0.25, 0.3) is 0 Å². The molecule has 0 atom stereocenters. The summed E-state index contributed by atoms with van der Waals surface area (Å²) in [6, 6.07) is 6.78. The summed E-state index contributed by atoms with van der Waals surface area (Å²) >= 11 is 5.91. The zero-order chi connectivity index (χ0) is 21.8. The number of amides is 2. The first-order valence-electron chi connectivity index (χ1n) is 10.3. The molecule has 0 radical (unpaired) electrons. The zero-order valence-corrected chi connectivity index (χ0v) is 17.5. The first kappa shape index (κ1) is 22.9. The molecule has 166 valence electrons. The second-order valence-corrected chi connectivity index (χ2v) is 8.63. The summed E-state index contributed by atoms with van der Waals surface area (Å²) < 4.78 is 39.5. The van der Waals surface area contributed by atoms with E-state index in [0.717, 1.165) is 25.9 Å². The fraction of sp³-hybridized carbons (Fsp3) is 0.619. The summed E-state index contributed by atoms with van der Waals surface area (Å²) in [5, 5.41) is 5.93. The summed E-state index contributed by atoms with van der Waals surface area (Å²) in [5.41, 5.74) is -1.65. The summed E-state index contributed by atoms with van der Waals surface area (Å²) in [6.45, 7) is 2.90. The molecule has 1 saturated carbocycles. The van der Waals surface area contributed by atoms with Gasteiger partial charge in [0.2, 0.25) is 5.91 Å². The van der Waals surface area contributed by atoms with Gasteiger partial charge >= 0.3 is 6.18 Å². The number of alkyl halides is 3. The minimum Gasteiger partial charge on any atom is -0.354 e. The van der Waals surface area contributed by atoms with Gasteiger partial charge in [0, 0.05) is 30.2 Å². The van der Waals surface area contributed by atoms with Gasteiger partial charge in [0.15, 0.2) is 0 Å². The molecule has 9 heteroatoms. The van der Waals surface area contributed by atoms with E-state index < -0.39 is 17.5 Å². The number of benzene rings is 1. The first-order valence-corrected chi connectivity index (χ1v) is 10.7. The van der Waals surface area contributed by atoms with Crippen molar-refractivity contribution < 1.29 is 22.8 Å². The van der Waals surface area contributed by atoms with Gasteiger partial charge < -0.3 is 15.5 Å². The lowest BCUT2D eigenvalue weighted by molar-refractivity contribution is -0.243. The number of hydrogen-bond donors (Lipinski definition) is 2. The Morgan fingerprint density at radius 2 is 1.87 bits per heavy atom. The summed E-state index contributed by atoms with van der Waals surface area (Å²) in [7, 11) is 0. The molecule has 1 aliphatic carbocycles. The van der Waals surface area contributed by atoms with Crippen LogP contribution >= 0.6 is 11.6 Å². The van der Waals surface area contributed by atoms with Crippen LogP contribution in [-0.4, -0.2) is 55.6 Å². The van der Waals surface area contributed by atoms with E-state index in [2.05, 4.69) is 15.5 Å². The Balaban J connectivity index is 1.34. The quantitative estimate of drug-likeness (QED) is 0.673. The maximum absolute atomic E-state index is 13.2. The van der Waals surface area contributed by atoms with Crippen LogP contribution in [0.15, 0.2) is 24.3 Å². The van der Waals surface area contributed by atoms with Gasteiger partial charge in [-0.2, -0.15) is 13.2 Å². The van der Waals surface area contributed by atoms with Crippen LogP contribution in [0.2, 0.25) is 5.02 Å². The molecule has 3 rings (SSSR count). The van der Waals surface area contributed by atoms with E-state index in [9.17, 15) is 22.8 Å². The van der Waals surface area contributed by atoms with Crippen LogP contribution in [0.1, 0.15) is 42.5 Å². The molecule has 1 aliphatic heterocycles. The van der Waals surface area contributed by atoms with E-state index in [0.29, 0.717) is 36.0 Å². The predicted octanol–water partition coefficient (Wildman–Crippen LogP) is 3.63. The highest BCUT2D eigenvalue weighted by molar-refractivity contribution is 6.30. The molecule has 0 spiro atoms. The van der Waals surface area contributed by atoms with E-state index >= 15 is 0 Å². The molecule has 2 amide bonds. The normalized spacial score (nSPS) is 19.7. The van der Waals surface area contributed by atoms with Crippen molar-refractivity contribution in [1.82, 2.24) is 15.5 Å². The van der Waals surface area contributed by atoms with Crippen LogP contribution in [0.4, 0.5) is 13.2 Å². The summed E-state index contributed by atoms with van der Waals surface area (Å²) in [4.78, 5) is 26.4. The van der Waals surface area contributed by atoms with Gasteiger partial charge in [-0.1, -0.05) is 24.1 Å². The van der Waals surface area contributed by atoms with Gasteiger partial charge in [0.25, 0.3) is 5.91 Å². The maximum atomic E-state index is 13.2. The summed E-state index contributed by atoms with van der Waals surface area (Å²) in [5.74, 6) is -0.695. The molecule has 0 unspecified atom stereocenters. The number of carbonyl (C=O) groups is 2. The van der Waals surface area contributed by atoms with E-state index in [1.54, 1.807) is 24.3 Å². The molecule has 2 fully saturated rings. The van der Waals surface area contributed by atoms with E-state index in [-0.39, 0.29) is 25.3 Å². The van der Waals surface area contributed by atoms with Crippen LogP contribution in [0.5, 0.6) is 0 Å². The van der Waals surface area contributed by atoms with Gasteiger partial charge in [-0.25, -0.2) is 0 Å². The topological polar surface area (TPSA) is 61.4 Å². The van der Waals surface area contributed by atoms with E-state index in [4.69, 9.17) is 11.6 Å². The number of carbonyl (C=O) groups excluding carboxylic acids is 2. The Morgan fingerprint density at radius 3 is 2.43 bits per heavy atom. The Hall–Kier alpha value is -1.80. The Labute approximate surface area is 179 Å². The number of rotatable bonds is 7. The van der Waals surface area contributed by atoms with Gasteiger partial charge in [-0.3, -0.25) is 9.59 Å². The van der Waals surface area contributed by atoms with Gasteiger partial charge in [0.1, 0.15) is 5.41 Å². The highest BCUT2D eigenvalue weighted by Gasteiger charge is 2.63. The lowest BCUT2D eigenvalue weighted by atomic mass is 9.67. The number of piperidine rings is 1. The lowest BCUT2D eigenvalue weighted by Gasteiger charge is -2.41. The lowest BCUT2D eigenvalue weighted by Crippen LogP contribution is -2.55. The molecule has 2 N–H and O–H groups in total. The average Bonchev–Trinajstić information content (AvgIpc) is 2.65. The van der Waals surface area contributed by atoms with Crippen molar-refractivity contribution in [3.05, 3.63) is 34.9 Å². The molecule has 2 aliphatic rings. The van der Waals surface area contributed by atoms with Crippen molar-refractivity contribution >= 4 is 23.4 Å². The van der Waals surface area contributed by atoms with E-state index in [1.165, 1.54) is 0 Å². The molecule has 1 saturated heterocycles. The maximum Gasteiger partial charge on any atom is 0.403 e. The number of nitrogens with one attached hydrogen (secondary N) is 2. The van der Waals surface area contributed by atoms with Gasteiger partial charge in [-0.15, -0.1) is 0 Å². The second-order valence-electron chi connectivity index (χ2n) is 8.19. The Bertz CT molecular complexity index is 760. The van der Waals surface area contributed by atoms with Crippen molar-refractivity contribution in [1.29, 1.82) is 0 Å². The van der Waals surface area contributed by atoms with Crippen molar-refractivity contribution in [3.63, 3.8) is 0 Å². The fourth-order valence-electron chi connectivity index (χ4n) is 4.05. The SMILES string of the molecule is O=C(NCC1CCN(CCNC(=O)C2(C(F)(F)F)CCC2)CC1)c1cccc(Cl)c1. The van der Waals surface area contributed by atoms with Crippen LogP contribution in [-0.2, 0) is 4.79 Å². The van der Waals surface area contributed by atoms with Crippen molar-refractivity contribution in [2.45, 2.75) is 38.3 Å². The average molecular weight is 446 g/mol. The summed E-state index contributed by atoms with van der Waals surface area (Å²) in [6.07, 6.45) is -2.51. The Morgan fingerprint density at radius 1 is 1.17 bits per heavy atom. The first-order chi connectivity index (χ1) is 14.2. The Kier molecular flexibility index (Phi) is 7.29. The van der Waals surface area contributed by atoms with Crippen LogP contribution < -0.4 is 10.6 Å². The van der Waals surface area contributed by atoms with Gasteiger partial charge in [0.05, 0.1) is 0 Å². The van der Waals surface area contributed by atoms with Gasteiger partial charge in [-0.05, 0) is 62.9 Å². The minimum absolute atomic E-state index is 0.116. The largest absolute Gasteiger partial charge is 0.403 e. The molecule has 0 aromatic heterocycles. The third-order valence-corrected chi connectivity index (χ3v) is 6.48. The third-order valence-electron chi connectivity index (χ3n) is 6.24. The highest BCUT2D eigenvalue weighted by atomic mass is 35.5. The molecule has 0 bridgehead atoms. The molecular weight excluding hydrogens is 419 g/mol. The number of halogens is 4. The smallest absolute Gasteiger partial charge is 0.354 e. The number of nitrogens with zero attached hydrogens (tertiary/aromatic N) is 1. The molecular formula is C21H27ClF3N3O2. The van der Waals surface area contributed by atoms with E-state index in [1.807, 2.05) is 0 Å². The molecule has 1 aromatic carbocycles. The third kappa shape index (κ3) is 5.27. The minimum atomic E-state index is -4.48. The second kappa shape index (κ2) is 9.56. The molecule has 1 aromatic rings. The molecule has 1 heterocycles. The van der Waals surface area contributed by atoms with Crippen molar-refractivity contribution in [3.8, 4) is 0 Å². The monoisotopic (exact) mass is 445 g/mol. The van der Waals surface area contributed by atoms with Crippen LogP contribution in [0.3, 0.4) is 0 Å². The van der Waals surface area contributed by atoms with Crippen LogP contribution in [0, 0.1) is 11.3 Å². The molecule has 5 nitrogen and oxygen atoms in total. The standard InChI is InChI=1S/C21H27ClF3N3O2/c22-17-4-1-3-16(13-17)18(29)27-14-15-5-10-28(11-6-15)12-9-26-19(30)20(7-2-8-20)21(23,24)25/h1,3-4,13,15H,2,5-12,14H2,(H,26,30)(H,27,29). The van der Waals surface area contributed by atoms with Crippen molar-refractivity contribution in [2.24, 2.45) is 11.3 Å². The fourth-order valence-corrected chi connectivity index (χ4v) is 4.24. The predicted molar refractivity (Wildman–Crippen MR) is 108 cm³/mol. The van der Waals surface area contributed by atoms with Crippen molar-refractivity contribution in [2.75, 3.05) is 32.7 Å². The molecule has 30 heavy (non-hydrogen) atoms. The zero-order valence-electron chi connectivity index (χ0n) is 16.7.